The Morgan fingerprint density at radius 1 is 1.58 bits per heavy atom. The highest BCUT2D eigenvalue weighted by molar-refractivity contribution is 5.86. The number of aromatic nitrogens is 1. The number of ether oxygens (including phenoxy) is 1. The average Bonchev–Trinajstić information content (AvgIpc) is 2.45. The minimum Gasteiger partial charge on any atom is -0.481 e. The molecule has 1 unspecified atom stereocenters. The highest BCUT2D eigenvalue weighted by Gasteiger charge is 2.33. The van der Waals surface area contributed by atoms with Crippen LogP contribution < -0.4 is 15.4 Å². The van der Waals surface area contributed by atoms with Gasteiger partial charge in [-0.3, -0.25) is 4.79 Å². The van der Waals surface area contributed by atoms with Crippen LogP contribution in [0.1, 0.15) is 31.7 Å². The number of pyridine rings is 1. The lowest BCUT2D eigenvalue weighted by Gasteiger charge is -2.33. The maximum Gasteiger partial charge on any atom is 0.240 e. The molecule has 0 saturated carbocycles. The normalized spacial score (nSPS) is 22.8. The van der Waals surface area contributed by atoms with Crippen LogP contribution in [0.2, 0.25) is 0 Å². The van der Waals surface area contributed by atoms with Crippen LogP contribution in [-0.4, -0.2) is 30.1 Å². The summed E-state index contributed by atoms with van der Waals surface area (Å²) in [6, 6.07) is 3.74. The summed E-state index contributed by atoms with van der Waals surface area (Å²) in [5, 5.41) is 6.26. The molecule has 5 nitrogen and oxygen atoms in total. The highest BCUT2D eigenvalue weighted by atomic mass is 16.5. The van der Waals surface area contributed by atoms with Gasteiger partial charge < -0.3 is 15.4 Å². The van der Waals surface area contributed by atoms with Gasteiger partial charge in [-0.05, 0) is 38.8 Å². The van der Waals surface area contributed by atoms with Gasteiger partial charge in [0.25, 0.3) is 0 Å². The standard InChI is InChI=1S/C14H21N3O2/c1-14(7-3-4-9-17-14)13(18)16-10-11-6-5-8-15-12(11)19-2/h5-6,8,17H,3-4,7,9-10H2,1-2H3,(H,16,18). The fraction of sp³-hybridized carbons (Fsp3) is 0.571. The van der Waals surface area contributed by atoms with Gasteiger partial charge in [0, 0.05) is 18.3 Å². The molecular formula is C14H21N3O2. The largest absolute Gasteiger partial charge is 0.481 e. The van der Waals surface area contributed by atoms with Crippen LogP contribution in [0.5, 0.6) is 5.88 Å². The highest BCUT2D eigenvalue weighted by Crippen LogP contribution is 2.19. The van der Waals surface area contributed by atoms with Gasteiger partial charge in [0.2, 0.25) is 11.8 Å². The second-order valence-corrected chi connectivity index (χ2v) is 5.07. The van der Waals surface area contributed by atoms with E-state index in [-0.39, 0.29) is 5.91 Å². The fourth-order valence-electron chi connectivity index (χ4n) is 2.36. The van der Waals surface area contributed by atoms with E-state index >= 15 is 0 Å². The van der Waals surface area contributed by atoms with Crippen molar-refractivity contribution in [2.45, 2.75) is 38.3 Å². The maximum absolute atomic E-state index is 12.3. The van der Waals surface area contributed by atoms with Crippen molar-refractivity contribution in [3.05, 3.63) is 23.9 Å². The van der Waals surface area contributed by atoms with Gasteiger partial charge in [-0.1, -0.05) is 6.07 Å². The molecule has 19 heavy (non-hydrogen) atoms. The Morgan fingerprint density at radius 2 is 2.42 bits per heavy atom. The van der Waals surface area contributed by atoms with Crippen molar-refractivity contribution in [3.8, 4) is 5.88 Å². The van der Waals surface area contributed by atoms with Crippen LogP contribution in [0.15, 0.2) is 18.3 Å². The van der Waals surface area contributed by atoms with E-state index in [0.717, 1.165) is 31.4 Å². The summed E-state index contributed by atoms with van der Waals surface area (Å²) in [5.74, 6) is 0.600. The Bertz CT molecular complexity index is 442. The summed E-state index contributed by atoms with van der Waals surface area (Å²) in [6.45, 7) is 3.30. The molecule has 0 radical (unpaired) electrons. The molecule has 2 heterocycles. The molecule has 5 heteroatoms. The molecule has 1 aromatic rings. The number of hydrogen-bond acceptors (Lipinski definition) is 4. The molecule has 2 rings (SSSR count). The maximum atomic E-state index is 12.3. The smallest absolute Gasteiger partial charge is 0.240 e. The lowest BCUT2D eigenvalue weighted by molar-refractivity contribution is -0.128. The number of methoxy groups -OCH3 is 1. The Morgan fingerprint density at radius 3 is 3.11 bits per heavy atom. The lowest BCUT2D eigenvalue weighted by Crippen LogP contribution is -2.56. The van der Waals surface area contributed by atoms with Crippen LogP contribution in [0.25, 0.3) is 0 Å². The second kappa shape index (κ2) is 6.02. The van der Waals surface area contributed by atoms with Crippen LogP contribution >= 0.6 is 0 Å². The minimum atomic E-state index is -0.451. The number of amides is 1. The zero-order valence-corrected chi connectivity index (χ0v) is 11.5. The third-order valence-electron chi connectivity index (χ3n) is 3.60. The molecule has 1 amide bonds. The van der Waals surface area contributed by atoms with Gasteiger partial charge >= 0.3 is 0 Å². The minimum absolute atomic E-state index is 0.0399. The van der Waals surface area contributed by atoms with Crippen LogP contribution in [0.3, 0.4) is 0 Å². The van der Waals surface area contributed by atoms with Crippen molar-refractivity contribution >= 4 is 5.91 Å². The number of carbonyl (C=O) groups is 1. The molecule has 1 fully saturated rings. The van der Waals surface area contributed by atoms with Crippen molar-refractivity contribution in [1.29, 1.82) is 0 Å². The van der Waals surface area contributed by atoms with Gasteiger partial charge in [0.1, 0.15) is 0 Å². The molecule has 104 valence electrons. The average molecular weight is 263 g/mol. The molecule has 0 bridgehead atoms. The number of carbonyl (C=O) groups excluding carboxylic acids is 1. The summed E-state index contributed by atoms with van der Waals surface area (Å²) in [7, 11) is 1.58. The van der Waals surface area contributed by atoms with Gasteiger partial charge in [-0.2, -0.15) is 0 Å². The summed E-state index contributed by atoms with van der Waals surface area (Å²) in [4.78, 5) is 16.4. The van der Waals surface area contributed by atoms with Gasteiger partial charge in [0.05, 0.1) is 12.6 Å². The molecule has 1 saturated heterocycles. The predicted octanol–water partition coefficient (Wildman–Crippen LogP) is 1.24. The number of piperidine rings is 1. The molecule has 0 aromatic carbocycles. The number of nitrogens with zero attached hydrogens (tertiary/aromatic N) is 1. The fourth-order valence-corrected chi connectivity index (χ4v) is 2.36. The van der Waals surface area contributed by atoms with E-state index < -0.39 is 5.54 Å². The Hall–Kier alpha value is -1.62. The zero-order valence-electron chi connectivity index (χ0n) is 11.5. The molecule has 1 aliphatic heterocycles. The molecule has 1 atom stereocenters. The summed E-state index contributed by atoms with van der Waals surface area (Å²) >= 11 is 0. The first-order valence-corrected chi connectivity index (χ1v) is 6.67. The van der Waals surface area contributed by atoms with E-state index in [4.69, 9.17) is 4.74 Å². The summed E-state index contributed by atoms with van der Waals surface area (Å²) in [5.41, 5.74) is 0.436. The molecule has 1 aromatic heterocycles. The number of nitrogens with one attached hydrogen (secondary N) is 2. The van der Waals surface area contributed by atoms with E-state index in [1.165, 1.54) is 0 Å². The van der Waals surface area contributed by atoms with Crippen molar-refractivity contribution < 1.29 is 9.53 Å². The molecule has 2 N–H and O–H groups in total. The van der Waals surface area contributed by atoms with Crippen LogP contribution in [-0.2, 0) is 11.3 Å². The topological polar surface area (TPSA) is 63.2 Å². The first-order chi connectivity index (χ1) is 9.15. The third-order valence-corrected chi connectivity index (χ3v) is 3.60. The lowest BCUT2D eigenvalue weighted by atomic mass is 9.90. The number of rotatable bonds is 4. The monoisotopic (exact) mass is 263 g/mol. The first-order valence-electron chi connectivity index (χ1n) is 6.67. The molecule has 0 spiro atoms. The van der Waals surface area contributed by atoms with E-state index in [0.29, 0.717) is 12.4 Å². The van der Waals surface area contributed by atoms with Crippen LogP contribution in [0, 0.1) is 0 Å². The molecule has 0 aliphatic carbocycles. The van der Waals surface area contributed by atoms with Gasteiger partial charge in [-0.15, -0.1) is 0 Å². The second-order valence-electron chi connectivity index (χ2n) is 5.07. The van der Waals surface area contributed by atoms with Crippen molar-refractivity contribution in [2.75, 3.05) is 13.7 Å². The Balaban J connectivity index is 1.96. The van der Waals surface area contributed by atoms with E-state index in [1.54, 1.807) is 13.3 Å². The van der Waals surface area contributed by atoms with E-state index in [9.17, 15) is 4.79 Å². The van der Waals surface area contributed by atoms with E-state index in [1.807, 2.05) is 19.1 Å². The van der Waals surface area contributed by atoms with Crippen LogP contribution in [0.4, 0.5) is 0 Å². The molecule has 1 aliphatic rings. The Labute approximate surface area is 113 Å². The zero-order chi connectivity index (χ0) is 13.7. The SMILES string of the molecule is COc1ncccc1CNC(=O)C1(C)CCCCN1. The quantitative estimate of drug-likeness (QED) is 0.858. The van der Waals surface area contributed by atoms with Crippen molar-refractivity contribution in [3.63, 3.8) is 0 Å². The molecular weight excluding hydrogens is 242 g/mol. The van der Waals surface area contributed by atoms with Gasteiger partial charge in [-0.25, -0.2) is 4.98 Å². The van der Waals surface area contributed by atoms with E-state index in [2.05, 4.69) is 15.6 Å². The Kier molecular flexibility index (Phi) is 4.37. The predicted molar refractivity (Wildman–Crippen MR) is 72.9 cm³/mol. The number of hydrogen-bond donors (Lipinski definition) is 2. The summed E-state index contributed by atoms with van der Waals surface area (Å²) < 4.78 is 5.17. The summed E-state index contributed by atoms with van der Waals surface area (Å²) in [6.07, 6.45) is 4.78. The van der Waals surface area contributed by atoms with Gasteiger partial charge in [0.15, 0.2) is 0 Å². The van der Waals surface area contributed by atoms with Crippen molar-refractivity contribution in [1.82, 2.24) is 15.6 Å². The van der Waals surface area contributed by atoms with Crippen molar-refractivity contribution in [2.24, 2.45) is 0 Å². The first kappa shape index (κ1) is 13.8. The third kappa shape index (κ3) is 3.23.